The monoisotopic (exact) mass is 289 g/mol. The molecule has 0 fully saturated rings. The van der Waals surface area contributed by atoms with Gasteiger partial charge in [0, 0.05) is 16.1 Å². The van der Waals surface area contributed by atoms with Crippen LogP contribution in [0.3, 0.4) is 0 Å². The maximum atomic E-state index is 12.3. The molecule has 1 aliphatic rings. The number of rotatable bonds is 2. The Labute approximate surface area is 117 Å². The van der Waals surface area contributed by atoms with Gasteiger partial charge in [-0.05, 0) is 42.5 Å². The van der Waals surface area contributed by atoms with Crippen molar-refractivity contribution < 1.29 is 9.00 Å². The lowest BCUT2D eigenvalue weighted by molar-refractivity contribution is 0.103. The zero-order valence-corrected chi connectivity index (χ0v) is 11.2. The predicted molar refractivity (Wildman–Crippen MR) is 75.9 cm³/mol. The molecule has 0 radical (unpaired) electrons. The van der Waals surface area contributed by atoms with E-state index in [1.165, 1.54) is 5.55 Å². The maximum absolute atomic E-state index is 12.3. The molecule has 0 N–H and O–H groups in total. The van der Waals surface area contributed by atoms with Crippen molar-refractivity contribution in [2.24, 2.45) is 4.99 Å². The van der Waals surface area contributed by atoms with Gasteiger partial charge in [-0.15, -0.1) is 0 Å². The van der Waals surface area contributed by atoms with Crippen LogP contribution < -0.4 is 0 Å². The van der Waals surface area contributed by atoms with Crippen LogP contribution in [-0.4, -0.2) is 15.5 Å². The first-order valence-electron chi connectivity index (χ1n) is 5.54. The summed E-state index contributed by atoms with van der Waals surface area (Å²) in [6.07, 6.45) is 0. The van der Waals surface area contributed by atoms with E-state index in [-0.39, 0.29) is 5.78 Å². The van der Waals surface area contributed by atoms with Crippen molar-refractivity contribution in [2.75, 3.05) is 0 Å². The van der Waals surface area contributed by atoms with Gasteiger partial charge in [0.2, 0.25) is 0 Å². The zero-order valence-electron chi connectivity index (χ0n) is 9.67. The maximum Gasteiger partial charge on any atom is 0.193 e. The van der Waals surface area contributed by atoms with Crippen LogP contribution in [0.25, 0.3) is 0 Å². The van der Waals surface area contributed by atoms with E-state index >= 15 is 0 Å². The molecule has 0 bridgehead atoms. The van der Waals surface area contributed by atoms with Gasteiger partial charge in [0.1, 0.15) is 0 Å². The molecule has 0 amide bonds. The van der Waals surface area contributed by atoms with Crippen molar-refractivity contribution in [2.45, 2.75) is 4.90 Å². The molecule has 1 atom stereocenters. The summed E-state index contributed by atoms with van der Waals surface area (Å²) in [6, 6.07) is 11.7. The molecule has 2 aromatic carbocycles. The Bertz CT molecular complexity index is 723. The average Bonchev–Trinajstić information content (AvgIpc) is 2.80. The van der Waals surface area contributed by atoms with Crippen molar-refractivity contribution in [3.8, 4) is 0 Å². The molecule has 1 unspecified atom stereocenters. The highest BCUT2D eigenvalue weighted by Gasteiger charge is 2.17. The summed E-state index contributed by atoms with van der Waals surface area (Å²) in [5.41, 5.74) is 3.08. The van der Waals surface area contributed by atoms with E-state index in [4.69, 9.17) is 11.6 Å². The normalized spacial score (nSPS) is 16.4. The first kappa shape index (κ1) is 12.3. The molecule has 19 heavy (non-hydrogen) atoms. The highest BCUT2D eigenvalue weighted by molar-refractivity contribution is 7.99. The number of carbonyl (C=O) groups excluding carboxylic acids is 1. The topological polar surface area (TPSA) is 46.5 Å². The van der Waals surface area contributed by atoms with Gasteiger partial charge in [-0.1, -0.05) is 11.6 Å². The fraction of sp³-hybridized carbons (Fsp3) is 0. The zero-order chi connectivity index (χ0) is 13.4. The summed E-state index contributed by atoms with van der Waals surface area (Å²) in [6.45, 7) is 0. The molecular weight excluding hydrogens is 282 g/mol. The Morgan fingerprint density at radius 3 is 2.47 bits per heavy atom. The number of benzene rings is 2. The third-order valence-electron chi connectivity index (χ3n) is 2.83. The highest BCUT2D eigenvalue weighted by atomic mass is 35.5. The van der Waals surface area contributed by atoms with Crippen molar-refractivity contribution in [1.29, 1.82) is 0 Å². The number of ketones is 1. The van der Waals surface area contributed by atoms with Gasteiger partial charge >= 0.3 is 0 Å². The molecule has 3 rings (SSSR count). The van der Waals surface area contributed by atoms with E-state index in [1.807, 2.05) is 0 Å². The van der Waals surface area contributed by atoms with E-state index in [0.29, 0.717) is 26.7 Å². The molecule has 0 saturated heterocycles. The van der Waals surface area contributed by atoms with E-state index in [9.17, 15) is 9.00 Å². The number of aliphatic imine (C=N–C) groups is 1. The van der Waals surface area contributed by atoms with Gasteiger partial charge in [-0.3, -0.25) is 4.79 Å². The van der Waals surface area contributed by atoms with Crippen LogP contribution in [-0.2, 0) is 10.8 Å². The fourth-order valence-electron chi connectivity index (χ4n) is 1.85. The number of fused-ring (bicyclic) bond motifs is 1. The average molecular weight is 290 g/mol. The fourth-order valence-corrected chi connectivity index (χ4v) is 2.87. The summed E-state index contributed by atoms with van der Waals surface area (Å²) < 4.78 is 11.7. The van der Waals surface area contributed by atoms with Gasteiger partial charge in [0.05, 0.1) is 26.9 Å². The van der Waals surface area contributed by atoms with E-state index < -0.39 is 10.8 Å². The molecule has 2 aromatic rings. The van der Waals surface area contributed by atoms with Gasteiger partial charge < -0.3 is 0 Å². The lowest BCUT2D eigenvalue weighted by atomic mass is 10.0. The largest absolute Gasteiger partial charge is 0.289 e. The smallest absolute Gasteiger partial charge is 0.193 e. The van der Waals surface area contributed by atoms with Gasteiger partial charge in [0.15, 0.2) is 5.78 Å². The Morgan fingerprint density at radius 1 is 1.05 bits per heavy atom. The molecule has 94 valence electrons. The second-order valence-electron chi connectivity index (χ2n) is 4.05. The number of carbonyl (C=O) groups is 1. The first-order valence-corrected chi connectivity index (χ1v) is 7.13. The third kappa shape index (κ3) is 2.25. The second kappa shape index (κ2) is 4.72. The molecule has 5 heteroatoms. The predicted octanol–water partition coefficient (Wildman–Crippen LogP) is 3.35. The lowest BCUT2D eigenvalue weighted by Crippen LogP contribution is -2.01. The summed E-state index contributed by atoms with van der Waals surface area (Å²) >= 11 is 5.79. The second-order valence-corrected chi connectivity index (χ2v) is 5.73. The summed E-state index contributed by atoms with van der Waals surface area (Å²) in [4.78, 5) is 16.9. The minimum absolute atomic E-state index is 0.122. The summed E-state index contributed by atoms with van der Waals surface area (Å²) in [5, 5.41) is 0.583. The Kier molecular flexibility index (Phi) is 3.05. The third-order valence-corrected chi connectivity index (χ3v) is 4.14. The molecular formula is C14H8ClNO2S. The molecule has 0 saturated carbocycles. The van der Waals surface area contributed by atoms with Crippen LogP contribution in [0.15, 0.2) is 52.4 Å². The Hall–Kier alpha value is -1.78. The molecule has 0 spiro atoms. The minimum atomic E-state index is -1.25. The standard InChI is InChI=1S/C14H8ClNO2S/c15-11-4-1-9(2-5-11)14(17)10-3-6-12-13(7-10)19(18)8-16-12/h1-8H. The number of nitrogens with zero attached hydrogens (tertiary/aromatic N) is 1. The number of hydrogen-bond donors (Lipinski definition) is 0. The van der Waals surface area contributed by atoms with Gasteiger partial charge in [-0.25, -0.2) is 9.20 Å². The van der Waals surface area contributed by atoms with Crippen molar-refractivity contribution in [3.63, 3.8) is 0 Å². The number of hydrogen-bond acceptors (Lipinski definition) is 3. The van der Waals surface area contributed by atoms with Crippen LogP contribution in [0, 0.1) is 0 Å². The minimum Gasteiger partial charge on any atom is -0.289 e. The van der Waals surface area contributed by atoms with Crippen LogP contribution in [0.2, 0.25) is 5.02 Å². The molecule has 0 aliphatic carbocycles. The van der Waals surface area contributed by atoms with Crippen LogP contribution in [0.4, 0.5) is 5.69 Å². The summed E-state index contributed by atoms with van der Waals surface area (Å²) in [5.74, 6) is -0.122. The quantitative estimate of drug-likeness (QED) is 0.796. The Balaban J connectivity index is 1.99. The number of halogens is 1. The van der Waals surface area contributed by atoms with Gasteiger partial charge in [-0.2, -0.15) is 0 Å². The van der Waals surface area contributed by atoms with E-state index in [1.54, 1.807) is 42.5 Å². The molecule has 3 nitrogen and oxygen atoms in total. The SMILES string of the molecule is O=C(c1ccc(Cl)cc1)c1ccc2c(c1)S(=O)C=N2. The Morgan fingerprint density at radius 2 is 1.74 bits per heavy atom. The highest BCUT2D eigenvalue weighted by Crippen LogP contribution is 2.29. The van der Waals surface area contributed by atoms with E-state index in [2.05, 4.69) is 4.99 Å². The molecule has 0 aromatic heterocycles. The van der Waals surface area contributed by atoms with Crippen LogP contribution in [0.1, 0.15) is 15.9 Å². The van der Waals surface area contributed by atoms with Crippen LogP contribution in [0.5, 0.6) is 0 Å². The van der Waals surface area contributed by atoms with Crippen molar-refractivity contribution >= 4 is 39.4 Å². The van der Waals surface area contributed by atoms with Crippen molar-refractivity contribution in [1.82, 2.24) is 0 Å². The lowest BCUT2D eigenvalue weighted by Gasteiger charge is -2.03. The van der Waals surface area contributed by atoms with Crippen molar-refractivity contribution in [3.05, 3.63) is 58.6 Å². The van der Waals surface area contributed by atoms with Crippen LogP contribution >= 0.6 is 11.6 Å². The first-order chi connectivity index (χ1) is 9.15. The van der Waals surface area contributed by atoms with Gasteiger partial charge in [0.25, 0.3) is 0 Å². The van der Waals surface area contributed by atoms with E-state index in [0.717, 1.165) is 0 Å². The summed E-state index contributed by atoms with van der Waals surface area (Å²) in [7, 11) is -1.25. The molecule has 1 heterocycles. The molecule has 1 aliphatic heterocycles.